The van der Waals surface area contributed by atoms with E-state index in [2.05, 4.69) is 5.32 Å². The molecule has 0 aliphatic carbocycles. The Balaban J connectivity index is 1.47. The van der Waals surface area contributed by atoms with Crippen LogP contribution < -0.4 is 15.0 Å². The highest BCUT2D eigenvalue weighted by Crippen LogP contribution is 2.23. The van der Waals surface area contributed by atoms with Crippen molar-refractivity contribution in [1.29, 1.82) is 0 Å². The third-order valence-electron chi connectivity index (χ3n) is 4.42. The number of methoxy groups -OCH3 is 1. The molecule has 142 valence electrons. The Labute approximate surface area is 163 Å². The number of carbonyl (C=O) groups is 2. The highest BCUT2D eigenvalue weighted by atomic mass is 35.5. The van der Waals surface area contributed by atoms with Gasteiger partial charge in [0.2, 0.25) is 5.91 Å². The number of ether oxygens (including phenoxy) is 1. The summed E-state index contributed by atoms with van der Waals surface area (Å²) in [4.78, 5) is 27.9. The van der Waals surface area contributed by atoms with Crippen LogP contribution in [-0.2, 0) is 11.2 Å². The van der Waals surface area contributed by atoms with Gasteiger partial charge in [0.1, 0.15) is 12.3 Å². The number of amides is 3. The van der Waals surface area contributed by atoms with Gasteiger partial charge in [0, 0.05) is 30.3 Å². The van der Waals surface area contributed by atoms with E-state index in [1.165, 1.54) is 0 Å². The fraction of sp³-hybridized carbons (Fsp3) is 0.300. The molecular formula is C20H22ClN3O3. The predicted molar refractivity (Wildman–Crippen MR) is 105 cm³/mol. The second-order valence-corrected chi connectivity index (χ2v) is 6.72. The van der Waals surface area contributed by atoms with E-state index in [4.69, 9.17) is 16.3 Å². The summed E-state index contributed by atoms with van der Waals surface area (Å²) in [7, 11) is 1.63. The molecule has 6 nitrogen and oxygen atoms in total. The average molecular weight is 388 g/mol. The lowest BCUT2D eigenvalue weighted by molar-refractivity contribution is -0.121. The van der Waals surface area contributed by atoms with Crippen molar-refractivity contribution < 1.29 is 14.3 Å². The molecule has 3 rings (SSSR count). The molecule has 0 bridgehead atoms. The predicted octanol–water partition coefficient (Wildman–Crippen LogP) is 2.95. The molecule has 1 N–H and O–H groups in total. The van der Waals surface area contributed by atoms with E-state index in [1.807, 2.05) is 30.3 Å². The van der Waals surface area contributed by atoms with Gasteiger partial charge in [0.05, 0.1) is 7.11 Å². The van der Waals surface area contributed by atoms with E-state index in [0.29, 0.717) is 31.1 Å². The fourth-order valence-corrected chi connectivity index (χ4v) is 3.20. The van der Waals surface area contributed by atoms with Crippen molar-refractivity contribution in [3.05, 3.63) is 59.1 Å². The van der Waals surface area contributed by atoms with Gasteiger partial charge in [-0.25, -0.2) is 4.79 Å². The molecule has 0 atom stereocenters. The summed E-state index contributed by atoms with van der Waals surface area (Å²) in [5, 5.41) is 3.44. The summed E-state index contributed by atoms with van der Waals surface area (Å²) in [6.45, 7) is 1.60. The molecule has 7 heteroatoms. The maximum atomic E-state index is 12.5. The Hall–Kier alpha value is -2.73. The first-order chi connectivity index (χ1) is 13.1. The third-order valence-corrected chi connectivity index (χ3v) is 4.65. The van der Waals surface area contributed by atoms with Gasteiger partial charge < -0.3 is 15.0 Å². The Kier molecular flexibility index (Phi) is 6.19. The number of hydrogen-bond acceptors (Lipinski definition) is 3. The summed E-state index contributed by atoms with van der Waals surface area (Å²) in [5.41, 5.74) is 1.83. The first-order valence-electron chi connectivity index (χ1n) is 8.78. The first-order valence-corrected chi connectivity index (χ1v) is 9.16. The van der Waals surface area contributed by atoms with Crippen LogP contribution in [0.2, 0.25) is 5.02 Å². The van der Waals surface area contributed by atoms with Gasteiger partial charge in [0.15, 0.2) is 0 Å². The minimum absolute atomic E-state index is 0.0496. The van der Waals surface area contributed by atoms with Crippen molar-refractivity contribution in [1.82, 2.24) is 10.2 Å². The lowest BCUT2D eigenvalue weighted by Gasteiger charge is -2.18. The summed E-state index contributed by atoms with van der Waals surface area (Å²) < 4.78 is 5.19. The number of carbonyl (C=O) groups excluding carboxylic acids is 2. The highest BCUT2D eigenvalue weighted by molar-refractivity contribution is 6.30. The van der Waals surface area contributed by atoms with Gasteiger partial charge in [-0.1, -0.05) is 29.8 Å². The number of benzene rings is 2. The maximum Gasteiger partial charge on any atom is 0.325 e. The van der Waals surface area contributed by atoms with Crippen LogP contribution >= 0.6 is 11.6 Å². The molecule has 0 unspecified atom stereocenters. The van der Waals surface area contributed by atoms with Crippen LogP contribution in [0.15, 0.2) is 48.5 Å². The fourth-order valence-electron chi connectivity index (χ4n) is 3.02. The van der Waals surface area contributed by atoms with Gasteiger partial charge in [-0.3, -0.25) is 9.69 Å². The number of rotatable bonds is 7. The minimum atomic E-state index is -0.180. The van der Waals surface area contributed by atoms with Crippen molar-refractivity contribution in [2.24, 2.45) is 0 Å². The summed E-state index contributed by atoms with van der Waals surface area (Å²) in [5.74, 6) is 0.627. The Morgan fingerprint density at radius 2 is 2.00 bits per heavy atom. The van der Waals surface area contributed by atoms with Crippen molar-refractivity contribution >= 4 is 29.2 Å². The Morgan fingerprint density at radius 3 is 2.78 bits per heavy atom. The molecule has 1 fully saturated rings. The van der Waals surface area contributed by atoms with Gasteiger partial charge >= 0.3 is 6.03 Å². The van der Waals surface area contributed by atoms with Crippen molar-refractivity contribution in [3.8, 4) is 5.75 Å². The first kappa shape index (κ1) is 19.0. The molecule has 1 aliphatic heterocycles. The lowest BCUT2D eigenvalue weighted by Crippen LogP contribution is -2.40. The molecule has 0 radical (unpaired) electrons. The van der Waals surface area contributed by atoms with Gasteiger partial charge in [-0.2, -0.15) is 0 Å². The lowest BCUT2D eigenvalue weighted by atomic mass is 10.1. The molecule has 27 heavy (non-hydrogen) atoms. The zero-order chi connectivity index (χ0) is 19.2. The third kappa shape index (κ3) is 4.92. The van der Waals surface area contributed by atoms with E-state index in [0.717, 1.165) is 17.0 Å². The number of urea groups is 1. The summed E-state index contributed by atoms with van der Waals surface area (Å²) in [6.07, 6.45) is 0.700. The van der Waals surface area contributed by atoms with Crippen LogP contribution in [0, 0.1) is 0 Å². The average Bonchev–Trinajstić information content (AvgIpc) is 3.02. The van der Waals surface area contributed by atoms with E-state index in [1.54, 1.807) is 35.1 Å². The normalized spacial score (nSPS) is 13.8. The van der Waals surface area contributed by atoms with Crippen LogP contribution in [0.5, 0.6) is 5.75 Å². The van der Waals surface area contributed by atoms with E-state index in [-0.39, 0.29) is 18.5 Å². The van der Waals surface area contributed by atoms with Crippen molar-refractivity contribution in [3.63, 3.8) is 0 Å². The van der Waals surface area contributed by atoms with Crippen LogP contribution in [0.1, 0.15) is 5.56 Å². The van der Waals surface area contributed by atoms with Crippen LogP contribution in [0.25, 0.3) is 0 Å². The maximum absolute atomic E-state index is 12.5. The number of anilines is 1. The second-order valence-electron chi connectivity index (χ2n) is 6.29. The molecule has 1 aliphatic rings. The summed E-state index contributed by atoms with van der Waals surface area (Å²) in [6, 6.07) is 14.7. The van der Waals surface area contributed by atoms with Crippen LogP contribution in [0.4, 0.5) is 10.5 Å². The zero-order valence-corrected chi connectivity index (χ0v) is 15.9. The molecule has 2 aromatic rings. The monoisotopic (exact) mass is 387 g/mol. The molecule has 2 aromatic carbocycles. The van der Waals surface area contributed by atoms with Gasteiger partial charge in [-0.05, 0) is 42.3 Å². The number of nitrogens with zero attached hydrogens (tertiary/aromatic N) is 2. The largest absolute Gasteiger partial charge is 0.497 e. The van der Waals surface area contributed by atoms with Crippen molar-refractivity contribution in [2.45, 2.75) is 6.42 Å². The van der Waals surface area contributed by atoms with E-state index < -0.39 is 0 Å². The van der Waals surface area contributed by atoms with Gasteiger partial charge in [0.25, 0.3) is 0 Å². The molecular weight excluding hydrogens is 366 g/mol. The Morgan fingerprint density at radius 1 is 1.19 bits per heavy atom. The molecule has 0 saturated carbocycles. The molecule has 0 aromatic heterocycles. The standard InChI is InChI=1S/C20H22ClN3O3/c1-27-18-7-2-4-15(12-18)8-9-22-19(25)14-23-10-11-24(20(23)26)17-6-3-5-16(21)13-17/h2-7,12-13H,8-11,14H2,1H3,(H,22,25). The minimum Gasteiger partial charge on any atom is -0.497 e. The Bertz CT molecular complexity index is 828. The number of halogens is 1. The van der Waals surface area contributed by atoms with E-state index in [9.17, 15) is 9.59 Å². The van der Waals surface area contributed by atoms with Crippen LogP contribution in [0.3, 0.4) is 0 Å². The smallest absolute Gasteiger partial charge is 0.325 e. The second kappa shape index (κ2) is 8.77. The summed E-state index contributed by atoms with van der Waals surface area (Å²) >= 11 is 5.99. The molecule has 0 spiro atoms. The number of hydrogen-bond donors (Lipinski definition) is 1. The molecule has 1 heterocycles. The van der Waals surface area contributed by atoms with Gasteiger partial charge in [-0.15, -0.1) is 0 Å². The van der Waals surface area contributed by atoms with Crippen molar-refractivity contribution in [2.75, 3.05) is 38.2 Å². The number of nitrogens with one attached hydrogen (secondary N) is 1. The highest BCUT2D eigenvalue weighted by Gasteiger charge is 2.30. The molecule has 3 amide bonds. The van der Waals surface area contributed by atoms with Crippen LogP contribution in [-0.4, -0.2) is 50.1 Å². The van der Waals surface area contributed by atoms with E-state index >= 15 is 0 Å². The molecule has 1 saturated heterocycles. The quantitative estimate of drug-likeness (QED) is 0.794. The zero-order valence-electron chi connectivity index (χ0n) is 15.2. The SMILES string of the molecule is COc1cccc(CCNC(=O)CN2CCN(c3cccc(Cl)c3)C2=O)c1. The topological polar surface area (TPSA) is 61.9 Å².